The van der Waals surface area contributed by atoms with Gasteiger partial charge in [-0.1, -0.05) is 0 Å². The fourth-order valence-corrected chi connectivity index (χ4v) is 7.42. The minimum absolute atomic E-state index is 0.0459. The van der Waals surface area contributed by atoms with E-state index in [9.17, 15) is 77.6 Å². The molecular formula is C41H72N16O16S4. The van der Waals surface area contributed by atoms with Crippen LogP contribution in [0.3, 0.4) is 0 Å². The number of aliphatic carboxylic acids is 2. The Morgan fingerprint density at radius 1 is 0.468 bits per heavy atom. The lowest BCUT2D eigenvalue weighted by Crippen LogP contribution is -2.61. The number of nitrogens with zero attached hydrogens (tertiary/aromatic N) is 1. The van der Waals surface area contributed by atoms with Gasteiger partial charge in [0.05, 0.1) is 25.0 Å². The molecule has 436 valence electrons. The van der Waals surface area contributed by atoms with Gasteiger partial charge in [-0.2, -0.15) is 50.5 Å². The summed E-state index contributed by atoms with van der Waals surface area (Å²) >= 11 is 16.5. The molecule has 0 aromatic carbocycles. The largest absolute Gasteiger partial charge is 0.481 e. The number of unbranched alkanes of at least 4 members (excludes halogenated alkanes) is 1. The first-order chi connectivity index (χ1) is 36.1. The summed E-state index contributed by atoms with van der Waals surface area (Å²) in [6.07, 6.45) is -3.90. The Bertz CT molecular complexity index is 2110. The third kappa shape index (κ3) is 28.0. The summed E-state index contributed by atoms with van der Waals surface area (Å²) in [4.78, 5) is 170. The number of hydrogen-bond donors (Lipinski definition) is 22. The predicted molar refractivity (Wildman–Crippen MR) is 287 cm³/mol. The standard InChI is InChI=1S/C41H72N16O16S4/c1-17(58)30(40(72)73)57-34(66)21(7-8-29(61)62)51-32(64)19(5-2-3-9-42)49-33(65)20(6-4-10-48-41(46)47)50-36(68)23(13-74)54-38(70)25(15-76)56-39(71)26(16-77)55-37(69)24(14-75)53-35(67)22(12-28(45)60)52-31(63)18(43)11-27(44)59/h17-26,30,58,74-77H,2-16,42-43H2,1H3,(H2,44,59)(H2,45,60)(H,49,65)(H,50,68)(H,51,64)(H,52,63)(H,53,67)(H,54,70)(H,55,69)(H,56,71)(H,57,66)(H,61,62)(H,72,73)(H4,46,47,48)/t17-,18+,19+,20+,21+,22+,23+,24+,25+,26+,30+/m1/s1. The molecule has 0 aromatic heterocycles. The van der Waals surface area contributed by atoms with E-state index in [0.29, 0.717) is 6.42 Å². The molecule has 0 aliphatic carbocycles. The number of nitrogens with one attached hydrogen (secondary N) is 9. The van der Waals surface area contributed by atoms with Gasteiger partial charge in [0.15, 0.2) is 12.0 Å². The van der Waals surface area contributed by atoms with Gasteiger partial charge in [-0.3, -0.25) is 62.5 Å². The van der Waals surface area contributed by atoms with Gasteiger partial charge in [-0.25, -0.2) is 4.79 Å². The third-order valence-corrected chi connectivity index (χ3v) is 12.0. The zero-order chi connectivity index (χ0) is 59.1. The van der Waals surface area contributed by atoms with Crippen molar-refractivity contribution in [2.75, 3.05) is 36.1 Å². The number of hydrogen-bond acceptors (Lipinski definition) is 21. The lowest BCUT2D eigenvalue weighted by molar-refractivity contribution is -0.145. The van der Waals surface area contributed by atoms with E-state index < -0.39 is 192 Å². The monoisotopic (exact) mass is 1170 g/mol. The van der Waals surface area contributed by atoms with Gasteiger partial charge in [0, 0.05) is 36.0 Å². The number of primary amides is 2. The molecule has 0 aromatic rings. The first kappa shape index (κ1) is 70.7. The molecule has 77 heavy (non-hydrogen) atoms. The number of amides is 11. The molecule has 0 saturated heterocycles. The van der Waals surface area contributed by atoms with Gasteiger partial charge >= 0.3 is 11.9 Å². The molecule has 11 atom stereocenters. The topological polar surface area (TPSA) is 559 Å². The lowest BCUT2D eigenvalue weighted by atomic mass is 10.0. The van der Waals surface area contributed by atoms with E-state index in [-0.39, 0.29) is 44.7 Å². The number of carboxylic acid groups (broad SMARTS) is 2. The van der Waals surface area contributed by atoms with E-state index in [1.165, 1.54) is 0 Å². The predicted octanol–water partition coefficient (Wildman–Crippen LogP) is -9.34. The van der Waals surface area contributed by atoms with E-state index in [1.807, 2.05) is 5.32 Å². The number of guanidine groups is 1. The van der Waals surface area contributed by atoms with E-state index in [4.69, 9.17) is 34.4 Å². The number of aliphatic hydroxyl groups excluding tert-OH is 1. The summed E-state index contributed by atoms with van der Waals surface area (Å²) in [5, 5.41) is 49.4. The highest BCUT2D eigenvalue weighted by atomic mass is 32.1. The zero-order valence-corrected chi connectivity index (χ0v) is 45.4. The number of carbonyl (C=O) groups excluding carboxylic acids is 11. The number of rotatable bonds is 39. The van der Waals surface area contributed by atoms with Crippen LogP contribution in [-0.2, 0) is 62.3 Å². The highest BCUT2D eigenvalue weighted by Gasteiger charge is 2.36. The maximum atomic E-state index is 14.0. The maximum Gasteiger partial charge on any atom is 0.328 e. The minimum atomic E-state index is -1.84. The van der Waals surface area contributed by atoms with Crippen molar-refractivity contribution in [3.05, 3.63) is 0 Å². The molecule has 36 heteroatoms. The fraction of sp³-hybridized carbons (Fsp3) is 0.659. The normalized spacial score (nSPS) is 15.2. The Kier molecular flexibility index (Phi) is 34.4. The molecule has 24 N–H and O–H groups in total. The molecule has 0 bridgehead atoms. The number of aliphatic imine (C=N–C) groups is 1. The highest BCUT2D eigenvalue weighted by Crippen LogP contribution is 2.09. The van der Waals surface area contributed by atoms with Crippen molar-refractivity contribution in [1.82, 2.24) is 47.9 Å². The number of carboxylic acids is 2. The van der Waals surface area contributed by atoms with Crippen LogP contribution in [0, 0.1) is 0 Å². The van der Waals surface area contributed by atoms with Crippen LogP contribution in [0.15, 0.2) is 4.99 Å². The van der Waals surface area contributed by atoms with Crippen molar-refractivity contribution in [3.63, 3.8) is 0 Å². The van der Waals surface area contributed by atoms with Gasteiger partial charge in [0.1, 0.15) is 48.3 Å². The van der Waals surface area contributed by atoms with Crippen molar-refractivity contribution in [3.8, 4) is 0 Å². The molecule has 32 nitrogen and oxygen atoms in total. The molecule has 0 fully saturated rings. The Morgan fingerprint density at radius 2 is 0.805 bits per heavy atom. The Morgan fingerprint density at radius 3 is 1.14 bits per heavy atom. The average Bonchev–Trinajstić information content (AvgIpc) is 3.35. The van der Waals surface area contributed by atoms with Crippen LogP contribution >= 0.6 is 50.5 Å². The molecule has 0 saturated carbocycles. The van der Waals surface area contributed by atoms with Crippen LogP contribution < -0.4 is 82.3 Å². The van der Waals surface area contributed by atoms with E-state index >= 15 is 0 Å². The van der Waals surface area contributed by atoms with Gasteiger partial charge in [0.25, 0.3) is 0 Å². The second-order valence-corrected chi connectivity index (χ2v) is 18.4. The summed E-state index contributed by atoms with van der Waals surface area (Å²) in [5.74, 6) is -16.3. The molecule has 0 unspecified atom stereocenters. The number of aliphatic hydroxyl groups is 1. The summed E-state index contributed by atoms with van der Waals surface area (Å²) in [7, 11) is 0. The Balaban J connectivity index is 6.39. The molecule has 0 rings (SSSR count). The summed E-state index contributed by atoms with van der Waals surface area (Å²) in [6, 6.07) is -15.8. The smallest absolute Gasteiger partial charge is 0.328 e. The second-order valence-electron chi connectivity index (χ2n) is 16.9. The molecule has 11 amide bonds. The Hall–Kier alpha value is -6.34. The van der Waals surface area contributed by atoms with E-state index in [0.717, 1.165) is 6.92 Å². The SMILES string of the molecule is C[C@@H](O)[C@H](NC(=O)[C@H](CCC(=O)O)NC(=O)[C@H](CCCCN)NC(=O)[C@H](CCCN=C(N)N)NC(=O)[C@H](CS)NC(=O)[C@H](CS)NC(=O)[C@H](CS)NC(=O)[C@H](CS)NC(=O)[C@H](CC(N)=O)NC(=O)[C@@H](N)CC(N)=O)C(=O)O. The van der Waals surface area contributed by atoms with Gasteiger partial charge < -0.3 is 97.6 Å². The van der Waals surface area contributed by atoms with Crippen LogP contribution in [0.1, 0.15) is 64.7 Å². The molecular weight excluding hydrogens is 1100 g/mol. The quantitative estimate of drug-likeness (QED) is 0.0118. The van der Waals surface area contributed by atoms with Crippen molar-refractivity contribution >= 4 is 133 Å². The maximum absolute atomic E-state index is 14.0. The minimum Gasteiger partial charge on any atom is -0.481 e. The van der Waals surface area contributed by atoms with Crippen LogP contribution in [0.25, 0.3) is 0 Å². The first-order valence-electron chi connectivity index (χ1n) is 23.4. The summed E-state index contributed by atoms with van der Waals surface area (Å²) < 4.78 is 0. The molecule has 0 aliphatic heterocycles. The van der Waals surface area contributed by atoms with Gasteiger partial charge in [-0.05, 0) is 52.0 Å². The molecule has 0 radical (unpaired) electrons. The highest BCUT2D eigenvalue weighted by molar-refractivity contribution is 7.80. The van der Waals surface area contributed by atoms with Crippen LogP contribution in [-0.4, -0.2) is 201 Å². The fourth-order valence-electron chi connectivity index (χ4n) is 6.39. The van der Waals surface area contributed by atoms with Crippen molar-refractivity contribution in [2.24, 2.45) is 39.4 Å². The molecule has 0 aliphatic rings. The zero-order valence-electron chi connectivity index (χ0n) is 41.8. The second kappa shape index (κ2) is 37.4. The van der Waals surface area contributed by atoms with Crippen molar-refractivity contribution in [1.29, 1.82) is 0 Å². The van der Waals surface area contributed by atoms with Gasteiger partial charge in [-0.15, -0.1) is 0 Å². The molecule has 0 heterocycles. The van der Waals surface area contributed by atoms with Crippen LogP contribution in [0.5, 0.6) is 0 Å². The summed E-state index contributed by atoms with van der Waals surface area (Å²) in [5.41, 5.74) is 32.4. The van der Waals surface area contributed by atoms with Crippen LogP contribution in [0.4, 0.5) is 0 Å². The number of thiol groups is 4. The van der Waals surface area contributed by atoms with Crippen molar-refractivity contribution in [2.45, 2.75) is 131 Å². The average molecular weight is 1170 g/mol. The Labute approximate surface area is 463 Å². The lowest BCUT2D eigenvalue weighted by Gasteiger charge is -2.27. The van der Waals surface area contributed by atoms with E-state index in [2.05, 4.69) is 98.0 Å². The third-order valence-electron chi connectivity index (χ3n) is 10.5. The number of carbonyl (C=O) groups is 13. The molecule has 0 spiro atoms. The number of nitrogens with two attached hydrogens (primary N) is 6. The van der Waals surface area contributed by atoms with E-state index in [1.54, 1.807) is 0 Å². The first-order valence-corrected chi connectivity index (χ1v) is 26.0. The van der Waals surface area contributed by atoms with Crippen LogP contribution in [0.2, 0.25) is 0 Å². The van der Waals surface area contributed by atoms with Gasteiger partial charge in [0.2, 0.25) is 65.0 Å². The van der Waals surface area contributed by atoms with Crippen molar-refractivity contribution < 1.29 is 77.6 Å². The summed E-state index contributed by atoms with van der Waals surface area (Å²) in [6.45, 7) is 1.19.